The summed E-state index contributed by atoms with van der Waals surface area (Å²) in [7, 11) is 0. The highest BCUT2D eigenvalue weighted by Gasteiger charge is 2.15. The van der Waals surface area contributed by atoms with Crippen LogP contribution in [0.25, 0.3) is 6.08 Å². The van der Waals surface area contributed by atoms with Crippen LogP contribution in [0.5, 0.6) is 5.75 Å². The van der Waals surface area contributed by atoms with E-state index in [0.29, 0.717) is 17.9 Å². The predicted molar refractivity (Wildman–Crippen MR) is 97.9 cm³/mol. The van der Waals surface area contributed by atoms with Crippen molar-refractivity contribution in [1.29, 1.82) is 5.26 Å². The Morgan fingerprint density at radius 2 is 2.12 bits per heavy atom. The van der Waals surface area contributed by atoms with Gasteiger partial charge in [0.1, 0.15) is 17.4 Å². The van der Waals surface area contributed by atoms with Gasteiger partial charge in [-0.05, 0) is 25.1 Å². The van der Waals surface area contributed by atoms with E-state index < -0.39 is 10.8 Å². The monoisotopic (exact) mass is 371 g/mol. The van der Waals surface area contributed by atoms with Crippen LogP contribution in [0.15, 0.2) is 48.0 Å². The molecule has 0 aliphatic carbocycles. The summed E-state index contributed by atoms with van der Waals surface area (Å²) in [5.41, 5.74) is 0.185. The summed E-state index contributed by atoms with van der Waals surface area (Å²) < 4.78 is 5.46. The van der Waals surface area contributed by atoms with Crippen LogP contribution in [-0.2, 0) is 4.79 Å². The van der Waals surface area contributed by atoms with Crippen LogP contribution in [0.4, 0.5) is 11.4 Å². The highest BCUT2D eigenvalue weighted by Crippen LogP contribution is 2.27. The summed E-state index contributed by atoms with van der Waals surface area (Å²) in [5, 5.41) is 22.7. The fraction of sp³-hybridized carbons (Fsp3) is 0.111. The fourth-order valence-electron chi connectivity index (χ4n) is 2.10. The zero-order valence-corrected chi connectivity index (χ0v) is 14.5. The van der Waals surface area contributed by atoms with E-state index in [4.69, 9.17) is 16.3 Å². The van der Waals surface area contributed by atoms with E-state index in [-0.39, 0.29) is 22.0 Å². The summed E-state index contributed by atoms with van der Waals surface area (Å²) in [5.74, 6) is -0.204. The Balaban J connectivity index is 2.32. The number of nitrogens with one attached hydrogen (secondary N) is 1. The molecule has 0 heterocycles. The molecule has 26 heavy (non-hydrogen) atoms. The summed E-state index contributed by atoms with van der Waals surface area (Å²) in [6.45, 7) is 2.25. The number of nitro benzene ring substituents is 1. The third kappa shape index (κ3) is 4.59. The normalized spacial score (nSPS) is 10.7. The lowest BCUT2D eigenvalue weighted by Gasteiger charge is -2.08. The maximum Gasteiger partial charge on any atom is 0.271 e. The fourth-order valence-corrected chi connectivity index (χ4v) is 2.27. The molecule has 0 radical (unpaired) electrons. The Morgan fingerprint density at radius 3 is 2.77 bits per heavy atom. The van der Waals surface area contributed by atoms with Crippen LogP contribution in [0.3, 0.4) is 0 Å². The molecular weight excluding hydrogens is 358 g/mol. The number of nitrogens with zero attached hydrogens (tertiary/aromatic N) is 2. The second-order valence-electron chi connectivity index (χ2n) is 5.02. The average molecular weight is 372 g/mol. The second kappa shape index (κ2) is 8.65. The van der Waals surface area contributed by atoms with Crippen LogP contribution in [0.1, 0.15) is 12.5 Å². The minimum absolute atomic E-state index is 0.0464. The largest absolute Gasteiger partial charge is 0.493 e. The minimum Gasteiger partial charge on any atom is -0.493 e. The Kier molecular flexibility index (Phi) is 6.31. The van der Waals surface area contributed by atoms with Crippen LogP contribution in [0.2, 0.25) is 5.02 Å². The molecule has 0 aliphatic heterocycles. The molecule has 1 N–H and O–H groups in total. The first-order valence-corrected chi connectivity index (χ1v) is 7.93. The Morgan fingerprint density at radius 1 is 1.38 bits per heavy atom. The molecule has 0 unspecified atom stereocenters. The SMILES string of the molecule is CCOc1ccccc1/C=C(\C#N)C(=O)Nc1cc([N+](=O)[O-])ccc1Cl. The van der Waals surface area contributed by atoms with Crippen molar-refractivity contribution in [2.75, 3.05) is 11.9 Å². The molecule has 0 spiro atoms. The number of para-hydroxylation sites is 1. The van der Waals surface area contributed by atoms with Gasteiger partial charge in [0.2, 0.25) is 0 Å². The molecule has 132 valence electrons. The number of ether oxygens (including phenoxy) is 1. The van der Waals surface area contributed by atoms with Gasteiger partial charge in [0, 0.05) is 17.7 Å². The molecule has 0 saturated carbocycles. The standard InChI is InChI=1S/C18H14ClN3O4/c1-2-26-17-6-4-3-5-12(17)9-13(11-20)18(23)21-16-10-14(22(24)25)7-8-15(16)19/h3-10H,2H2,1H3,(H,21,23)/b13-9+. The molecular formula is C18H14ClN3O4. The summed E-state index contributed by atoms with van der Waals surface area (Å²) >= 11 is 5.96. The van der Waals surface area contributed by atoms with Gasteiger partial charge < -0.3 is 10.1 Å². The number of anilines is 1. The average Bonchev–Trinajstić information content (AvgIpc) is 2.62. The van der Waals surface area contributed by atoms with Crippen molar-refractivity contribution in [3.63, 3.8) is 0 Å². The van der Waals surface area contributed by atoms with E-state index in [0.717, 1.165) is 6.07 Å². The van der Waals surface area contributed by atoms with Gasteiger partial charge in [-0.15, -0.1) is 0 Å². The Bertz CT molecular complexity index is 919. The molecule has 0 aromatic heterocycles. The molecule has 0 aliphatic rings. The quantitative estimate of drug-likeness (QED) is 0.354. The molecule has 2 rings (SSSR count). The van der Waals surface area contributed by atoms with Crippen LogP contribution in [-0.4, -0.2) is 17.4 Å². The van der Waals surface area contributed by atoms with Gasteiger partial charge >= 0.3 is 0 Å². The van der Waals surface area contributed by atoms with E-state index in [1.165, 1.54) is 18.2 Å². The van der Waals surface area contributed by atoms with Gasteiger partial charge in [-0.1, -0.05) is 29.8 Å². The molecule has 8 heteroatoms. The zero-order valence-electron chi connectivity index (χ0n) is 13.7. The van der Waals surface area contributed by atoms with E-state index in [1.54, 1.807) is 24.3 Å². The van der Waals surface area contributed by atoms with Crippen molar-refractivity contribution >= 4 is 35.0 Å². The second-order valence-corrected chi connectivity index (χ2v) is 5.42. The van der Waals surface area contributed by atoms with Gasteiger partial charge in [-0.3, -0.25) is 14.9 Å². The number of hydrogen-bond donors (Lipinski definition) is 1. The Hall–Kier alpha value is -3.37. The third-order valence-corrected chi connectivity index (χ3v) is 3.62. The van der Waals surface area contributed by atoms with Gasteiger partial charge in [-0.2, -0.15) is 5.26 Å². The number of halogens is 1. The van der Waals surface area contributed by atoms with Crippen molar-refractivity contribution in [2.24, 2.45) is 0 Å². The number of carbonyl (C=O) groups excluding carboxylic acids is 1. The highest BCUT2D eigenvalue weighted by molar-refractivity contribution is 6.34. The van der Waals surface area contributed by atoms with Crippen molar-refractivity contribution in [3.05, 3.63) is 68.7 Å². The highest BCUT2D eigenvalue weighted by atomic mass is 35.5. The molecule has 0 atom stereocenters. The smallest absolute Gasteiger partial charge is 0.271 e. The zero-order chi connectivity index (χ0) is 19.1. The van der Waals surface area contributed by atoms with Crippen LogP contribution >= 0.6 is 11.6 Å². The number of hydrogen-bond acceptors (Lipinski definition) is 5. The topological polar surface area (TPSA) is 105 Å². The first-order chi connectivity index (χ1) is 12.5. The summed E-state index contributed by atoms with van der Waals surface area (Å²) in [4.78, 5) is 22.6. The van der Waals surface area contributed by atoms with E-state index in [2.05, 4.69) is 5.32 Å². The van der Waals surface area contributed by atoms with Gasteiger partial charge in [-0.25, -0.2) is 0 Å². The Labute approximate surface area is 154 Å². The van der Waals surface area contributed by atoms with Crippen LogP contribution in [0, 0.1) is 21.4 Å². The number of non-ortho nitro benzene ring substituents is 1. The van der Waals surface area contributed by atoms with E-state index >= 15 is 0 Å². The van der Waals surface area contributed by atoms with Gasteiger partial charge in [0.05, 0.1) is 22.2 Å². The number of carbonyl (C=O) groups is 1. The first-order valence-electron chi connectivity index (χ1n) is 7.55. The summed E-state index contributed by atoms with van der Waals surface area (Å²) in [6.07, 6.45) is 1.38. The van der Waals surface area contributed by atoms with Crippen LogP contribution < -0.4 is 10.1 Å². The molecule has 2 aromatic rings. The number of nitro groups is 1. The third-order valence-electron chi connectivity index (χ3n) is 3.29. The lowest BCUT2D eigenvalue weighted by Crippen LogP contribution is -2.14. The molecule has 1 amide bonds. The molecule has 0 fully saturated rings. The lowest BCUT2D eigenvalue weighted by atomic mass is 10.1. The maximum absolute atomic E-state index is 12.4. The molecule has 7 nitrogen and oxygen atoms in total. The van der Waals surface area contributed by atoms with Gasteiger partial charge in [0.15, 0.2) is 0 Å². The molecule has 0 saturated heterocycles. The van der Waals surface area contributed by atoms with Crippen molar-refractivity contribution in [2.45, 2.75) is 6.92 Å². The molecule has 0 bridgehead atoms. The number of nitriles is 1. The number of rotatable bonds is 6. The van der Waals surface area contributed by atoms with Crippen molar-refractivity contribution in [1.82, 2.24) is 0 Å². The molecule has 2 aromatic carbocycles. The maximum atomic E-state index is 12.4. The van der Waals surface area contributed by atoms with Crippen molar-refractivity contribution < 1.29 is 14.5 Å². The first kappa shape index (κ1) is 19.0. The van der Waals surface area contributed by atoms with Gasteiger partial charge in [0.25, 0.3) is 11.6 Å². The number of amides is 1. The minimum atomic E-state index is -0.735. The predicted octanol–water partition coefficient (Wildman–Crippen LogP) is 4.19. The van der Waals surface area contributed by atoms with E-state index in [1.807, 2.05) is 13.0 Å². The van der Waals surface area contributed by atoms with Crippen molar-refractivity contribution in [3.8, 4) is 11.8 Å². The summed E-state index contributed by atoms with van der Waals surface area (Å²) in [6, 6.07) is 12.4. The lowest BCUT2D eigenvalue weighted by molar-refractivity contribution is -0.384. The number of benzene rings is 2. The van der Waals surface area contributed by atoms with E-state index in [9.17, 15) is 20.2 Å².